The fourth-order valence-electron chi connectivity index (χ4n) is 4.46. The summed E-state index contributed by atoms with van der Waals surface area (Å²) < 4.78 is 16.7. The minimum absolute atomic E-state index is 0.109. The first-order chi connectivity index (χ1) is 17.7. The number of rotatable bonds is 10. The third-order valence-electron chi connectivity index (χ3n) is 6.12. The van der Waals surface area contributed by atoms with Crippen molar-refractivity contribution in [2.45, 2.75) is 39.5 Å². The Morgan fingerprint density at radius 1 is 1.06 bits per heavy atom. The van der Waals surface area contributed by atoms with Gasteiger partial charge in [0.2, 0.25) is 5.82 Å². The molecule has 2 aliphatic rings. The lowest BCUT2D eigenvalue weighted by atomic mass is 10.2. The number of fused-ring (bicyclic) bond motifs is 1. The predicted octanol–water partition coefficient (Wildman–Crippen LogP) is 4.56. The first kappa shape index (κ1) is 23.7. The highest BCUT2D eigenvalue weighted by Gasteiger charge is 2.31. The molecular weight excluding hydrogens is 456 g/mol. The van der Waals surface area contributed by atoms with E-state index in [1.165, 1.54) is 0 Å². The number of aliphatic imine (C=N–C) groups is 1. The zero-order valence-corrected chi connectivity index (χ0v) is 21.0. The molecule has 0 amide bonds. The molecule has 36 heavy (non-hydrogen) atoms. The largest absolute Gasteiger partial charge is 0.496 e. The highest BCUT2D eigenvalue weighted by Crippen LogP contribution is 2.30. The molecule has 0 bridgehead atoms. The van der Waals surface area contributed by atoms with Crippen LogP contribution in [0.5, 0.6) is 11.5 Å². The topological polar surface area (TPSA) is 88.2 Å². The van der Waals surface area contributed by atoms with Crippen molar-refractivity contribution in [3.05, 3.63) is 71.8 Å². The van der Waals surface area contributed by atoms with E-state index in [9.17, 15) is 0 Å². The highest BCUT2D eigenvalue weighted by atomic mass is 16.5. The second-order valence-corrected chi connectivity index (χ2v) is 8.83. The van der Waals surface area contributed by atoms with Gasteiger partial charge in [0.15, 0.2) is 12.4 Å². The van der Waals surface area contributed by atoms with E-state index < -0.39 is 0 Å². The molecule has 9 nitrogen and oxygen atoms in total. The maximum atomic E-state index is 5.90. The molecule has 2 aromatic carbocycles. The van der Waals surface area contributed by atoms with Gasteiger partial charge in [0.1, 0.15) is 17.7 Å². The summed E-state index contributed by atoms with van der Waals surface area (Å²) in [5.41, 5.74) is 2.93. The summed E-state index contributed by atoms with van der Waals surface area (Å²) in [7, 11) is 1.61. The number of aromatic nitrogens is 2. The van der Waals surface area contributed by atoms with E-state index in [2.05, 4.69) is 45.3 Å². The molecule has 0 fully saturated rings. The van der Waals surface area contributed by atoms with Gasteiger partial charge >= 0.3 is 0 Å². The lowest BCUT2D eigenvalue weighted by molar-refractivity contribution is 0.235. The van der Waals surface area contributed by atoms with E-state index in [-0.39, 0.29) is 12.8 Å². The summed E-state index contributed by atoms with van der Waals surface area (Å²) in [4.78, 5) is 14.2. The van der Waals surface area contributed by atoms with Crippen LogP contribution in [0.15, 0.2) is 69.9 Å². The summed E-state index contributed by atoms with van der Waals surface area (Å²) in [6.45, 7) is 7.53. The van der Waals surface area contributed by atoms with Gasteiger partial charge in [-0.3, -0.25) is 0 Å². The van der Waals surface area contributed by atoms with Crippen LogP contribution < -0.4 is 14.8 Å². The Labute approximate surface area is 211 Å². The molecular formula is C27H32N6O3. The van der Waals surface area contributed by atoms with Crippen LogP contribution in [0.3, 0.4) is 0 Å². The molecule has 3 aromatic rings. The zero-order valence-electron chi connectivity index (χ0n) is 21.0. The Morgan fingerprint density at radius 2 is 1.86 bits per heavy atom. The van der Waals surface area contributed by atoms with Crippen molar-refractivity contribution >= 4 is 5.84 Å². The molecule has 188 valence electrons. The van der Waals surface area contributed by atoms with Crippen LogP contribution in [0, 0.1) is 0 Å². The van der Waals surface area contributed by atoms with Crippen LogP contribution in [0.4, 0.5) is 0 Å². The van der Waals surface area contributed by atoms with Crippen LogP contribution >= 0.6 is 0 Å². The van der Waals surface area contributed by atoms with E-state index in [1.54, 1.807) is 7.11 Å². The minimum Gasteiger partial charge on any atom is -0.496 e. The SMILES string of the molecule is CCCN1C=C2NC(c3ccc(OCc4noc(-c5ccccc5OC)n4)cc3)N=C2N(CCC)C1. The number of hydrogen-bond donors (Lipinski definition) is 1. The van der Waals surface area contributed by atoms with Crippen molar-refractivity contribution in [1.82, 2.24) is 25.3 Å². The van der Waals surface area contributed by atoms with E-state index in [4.69, 9.17) is 19.0 Å². The lowest BCUT2D eigenvalue weighted by Gasteiger charge is -2.35. The summed E-state index contributed by atoms with van der Waals surface area (Å²) in [6, 6.07) is 15.5. The van der Waals surface area contributed by atoms with Crippen LogP contribution in [-0.2, 0) is 6.61 Å². The fraction of sp³-hybridized carbons (Fsp3) is 0.370. The molecule has 0 saturated carbocycles. The number of para-hydroxylation sites is 1. The van der Waals surface area contributed by atoms with Crippen LogP contribution in [0.25, 0.3) is 11.5 Å². The third kappa shape index (κ3) is 5.00. The van der Waals surface area contributed by atoms with Crippen molar-refractivity contribution in [2.24, 2.45) is 4.99 Å². The standard InChI is InChI=1S/C27H32N6O3/c1-4-14-32-16-22-26(33(18-32)15-5-2)30-25(28-22)19-10-12-20(13-11-19)35-17-24-29-27(36-31-24)21-8-6-7-9-23(21)34-3/h6-13,16,25,28H,4-5,14-15,17-18H2,1-3H3. The number of benzene rings is 2. The van der Waals surface area contributed by atoms with E-state index in [0.29, 0.717) is 17.5 Å². The smallest absolute Gasteiger partial charge is 0.261 e. The van der Waals surface area contributed by atoms with Gasteiger partial charge in [-0.1, -0.05) is 43.3 Å². The normalized spacial score (nSPS) is 16.8. The van der Waals surface area contributed by atoms with Crippen LogP contribution in [0.2, 0.25) is 0 Å². The monoisotopic (exact) mass is 488 g/mol. The fourth-order valence-corrected chi connectivity index (χ4v) is 4.46. The number of amidine groups is 1. The molecule has 1 unspecified atom stereocenters. The van der Waals surface area contributed by atoms with Crippen molar-refractivity contribution in [3.63, 3.8) is 0 Å². The van der Waals surface area contributed by atoms with Crippen LogP contribution in [0.1, 0.15) is 44.2 Å². The predicted molar refractivity (Wildman–Crippen MR) is 137 cm³/mol. The number of nitrogens with zero attached hydrogens (tertiary/aromatic N) is 5. The zero-order chi connectivity index (χ0) is 24.9. The van der Waals surface area contributed by atoms with E-state index >= 15 is 0 Å². The van der Waals surface area contributed by atoms with Crippen molar-refractivity contribution in [1.29, 1.82) is 0 Å². The molecule has 1 aromatic heterocycles. The Kier molecular flexibility index (Phi) is 7.06. The van der Waals surface area contributed by atoms with E-state index in [0.717, 1.165) is 61.0 Å². The molecule has 5 rings (SSSR count). The summed E-state index contributed by atoms with van der Waals surface area (Å²) in [6.07, 6.45) is 4.30. The molecule has 0 aliphatic carbocycles. The first-order valence-electron chi connectivity index (χ1n) is 12.4. The molecule has 0 radical (unpaired) electrons. The third-order valence-corrected chi connectivity index (χ3v) is 6.12. The van der Waals surface area contributed by atoms with Crippen molar-refractivity contribution in [3.8, 4) is 23.0 Å². The lowest BCUT2D eigenvalue weighted by Crippen LogP contribution is -2.45. The van der Waals surface area contributed by atoms with Gasteiger partial charge < -0.3 is 29.1 Å². The minimum atomic E-state index is -0.109. The maximum Gasteiger partial charge on any atom is 0.261 e. The van der Waals surface area contributed by atoms with Crippen LogP contribution in [-0.4, -0.2) is 52.6 Å². The number of ether oxygens (including phenoxy) is 2. The van der Waals surface area contributed by atoms with Gasteiger partial charge in [0.05, 0.1) is 25.0 Å². The average Bonchev–Trinajstić information content (AvgIpc) is 3.56. The number of hydrogen-bond acceptors (Lipinski definition) is 9. The molecule has 3 heterocycles. The molecule has 1 atom stereocenters. The first-order valence-corrected chi connectivity index (χ1v) is 12.4. The van der Waals surface area contributed by atoms with Gasteiger partial charge in [-0.05, 0) is 42.7 Å². The van der Waals surface area contributed by atoms with Gasteiger partial charge in [0.25, 0.3) is 5.89 Å². The second kappa shape index (κ2) is 10.7. The highest BCUT2D eigenvalue weighted by molar-refractivity contribution is 6.00. The Bertz CT molecular complexity index is 1240. The number of nitrogens with one attached hydrogen (secondary N) is 1. The van der Waals surface area contributed by atoms with Crippen molar-refractivity contribution in [2.75, 3.05) is 26.9 Å². The maximum absolute atomic E-state index is 5.90. The number of methoxy groups -OCH3 is 1. The average molecular weight is 489 g/mol. The Balaban J connectivity index is 1.23. The summed E-state index contributed by atoms with van der Waals surface area (Å²) >= 11 is 0. The van der Waals surface area contributed by atoms with E-state index in [1.807, 2.05) is 48.5 Å². The van der Waals surface area contributed by atoms with Crippen molar-refractivity contribution < 1.29 is 14.0 Å². The van der Waals surface area contributed by atoms with Gasteiger partial charge in [-0.2, -0.15) is 4.98 Å². The second-order valence-electron chi connectivity index (χ2n) is 8.83. The summed E-state index contributed by atoms with van der Waals surface area (Å²) in [5, 5.41) is 7.62. The Hall–Kier alpha value is -4.01. The molecule has 1 N–H and O–H groups in total. The molecule has 0 saturated heterocycles. The van der Waals surface area contributed by atoms with Gasteiger partial charge in [0, 0.05) is 19.3 Å². The van der Waals surface area contributed by atoms with Gasteiger partial charge in [-0.25, -0.2) is 4.99 Å². The Morgan fingerprint density at radius 3 is 2.64 bits per heavy atom. The van der Waals surface area contributed by atoms with Gasteiger partial charge in [-0.15, -0.1) is 0 Å². The molecule has 2 aliphatic heterocycles. The quantitative estimate of drug-likeness (QED) is 0.444. The molecule has 0 spiro atoms. The molecule has 9 heteroatoms. The summed E-state index contributed by atoms with van der Waals surface area (Å²) in [5.74, 6) is 3.33.